The molecule has 0 saturated heterocycles. The molecular formula is C16H18ClNO2. The van der Waals surface area contributed by atoms with E-state index in [0.29, 0.717) is 6.42 Å². The number of rotatable bonds is 4. The van der Waals surface area contributed by atoms with Crippen molar-refractivity contribution in [1.82, 2.24) is 0 Å². The Kier molecular flexibility index (Phi) is 5.74. The molecule has 0 saturated carbocycles. The van der Waals surface area contributed by atoms with Crippen LogP contribution in [0.25, 0.3) is 11.1 Å². The smallest absolute Gasteiger partial charge is 0.320 e. The molecule has 0 aliphatic heterocycles. The van der Waals surface area contributed by atoms with E-state index in [9.17, 15) is 4.79 Å². The average Bonchev–Trinajstić information content (AvgIpc) is 2.40. The summed E-state index contributed by atoms with van der Waals surface area (Å²) in [5.74, 6) is -0.969. The number of carboxylic acid groups (broad SMARTS) is 1. The maximum Gasteiger partial charge on any atom is 0.320 e. The maximum absolute atomic E-state index is 10.7. The first-order valence-electron chi connectivity index (χ1n) is 6.21. The first kappa shape index (κ1) is 16.2. The van der Waals surface area contributed by atoms with E-state index in [1.807, 2.05) is 36.4 Å². The summed E-state index contributed by atoms with van der Waals surface area (Å²) in [6, 6.07) is 15.2. The lowest BCUT2D eigenvalue weighted by Gasteiger charge is -2.09. The van der Waals surface area contributed by atoms with E-state index in [1.165, 1.54) is 11.1 Å². The molecule has 106 valence electrons. The Morgan fingerprint density at radius 2 is 1.75 bits per heavy atom. The molecule has 20 heavy (non-hydrogen) atoms. The fourth-order valence-corrected chi connectivity index (χ4v) is 2.06. The van der Waals surface area contributed by atoms with Gasteiger partial charge >= 0.3 is 5.97 Å². The second kappa shape index (κ2) is 7.08. The van der Waals surface area contributed by atoms with E-state index in [1.54, 1.807) is 0 Å². The molecule has 0 amide bonds. The first-order valence-corrected chi connectivity index (χ1v) is 6.21. The topological polar surface area (TPSA) is 63.3 Å². The van der Waals surface area contributed by atoms with Crippen molar-refractivity contribution in [2.24, 2.45) is 5.73 Å². The zero-order valence-corrected chi connectivity index (χ0v) is 12.1. The van der Waals surface area contributed by atoms with Crippen LogP contribution in [0.1, 0.15) is 11.1 Å². The summed E-state index contributed by atoms with van der Waals surface area (Å²) in [6.45, 7) is 2.07. The van der Waals surface area contributed by atoms with Crippen LogP contribution in [0.5, 0.6) is 0 Å². The molecule has 3 N–H and O–H groups in total. The van der Waals surface area contributed by atoms with Gasteiger partial charge in [0.15, 0.2) is 0 Å². The van der Waals surface area contributed by atoms with Crippen molar-refractivity contribution in [3.8, 4) is 11.1 Å². The molecule has 3 nitrogen and oxygen atoms in total. The third kappa shape index (κ3) is 3.83. The third-order valence-electron chi connectivity index (χ3n) is 3.18. The Morgan fingerprint density at radius 3 is 2.30 bits per heavy atom. The number of hydrogen-bond donors (Lipinski definition) is 2. The highest BCUT2D eigenvalue weighted by molar-refractivity contribution is 5.85. The number of aryl methyl sites for hydroxylation is 1. The molecule has 0 heterocycles. The third-order valence-corrected chi connectivity index (χ3v) is 3.18. The molecule has 2 aromatic carbocycles. The lowest BCUT2D eigenvalue weighted by molar-refractivity contribution is -0.138. The monoisotopic (exact) mass is 291 g/mol. The fraction of sp³-hybridized carbons (Fsp3) is 0.188. The first-order chi connectivity index (χ1) is 9.08. The predicted molar refractivity (Wildman–Crippen MR) is 83.2 cm³/mol. The maximum atomic E-state index is 10.7. The van der Waals surface area contributed by atoms with Crippen molar-refractivity contribution in [2.45, 2.75) is 19.4 Å². The molecule has 0 radical (unpaired) electrons. The fourth-order valence-electron chi connectivity index (χ4n) is 2.06. The van der Waals surface area contributed by atoms with Crippen LogP contribution < -0.4 is 5.73 Å². The van der Waals surface area contributed by atoms with Gasteiger partial charge in [-0.3, -0.25) is 4.79 Å². The van der Waals surface area contributed by atoms with Crippen LogP contribution >= 0.6 is 12.4 Å². The Morgan fingerprint density at radius 1 is 1.15 bits per heavy atom. The van der Waals surface area contributed by atoms with Crippen molar-refractivity contribution in [3.05, 3.63) is 59.7 Å². The summed E-state index contributed by atoms with van der Waals surface area (Å²) in [6.07, 6.45) is 0.351. The molecule has 0 aliphatic carbocycles. The lowest BCUT2D eigenvalue weighted by atomic mass is 9.98. The molecule has 2 rings (SSSR count). The minimum Gasteiger partial charge on any atom is -0.480 e. The van der Waals surface area contributed by atoms with Crippen LogP contribution in [0.15, 0.2) is 48.5 Å². The van der Waals surface area contributed by atoms with Crippen molar-refractivity contribution in [2.75, 3.05) is 0 Å². The van der Waals surface area contributed by atoms with Gasteiger partial charge in [-0.2, -0.15) is 0 Å². The zero-order valence-electron chi connectivity index (χ0n) is 11.2. The summed E-state index contributed by atoms with van der Waals surface area (Å²) in [7, 11) is 0. The molecule has 0 aliphatic rings. The van der Waals surface area contributed by atoms with Gasteiger partial charge in [-0.25, -0.2) is 0 Å². The highest BCUT2D eigenvalue weighted by Crippen LogP contribution is 2.23. The molecule has 0 bridgehead atoms. The van der Waals surface area contributed by atoms with Gasteiger partial charge in [0.2, 0.25) is 0 Å². The van der Waals surface area contributed by atoms with Crippen LogP contribution in [-0.4, -0.2) is 17.1 Å². The summed E-state index contributed by atoms with van der Waals surface area (Å²) in [5, 5.41) is 8.79. The number of carboxylic acids is 1. The van der Waals surface area contributed by atoms with Gasteiger partial charge in [-0.05, 0) is 35.6 Å². The summed E-state index contributed by atoms with van der Waals surface area (Å²) < 4.78 is 0. The van der Waals surface area contributed by atoms with E-state index in [0.717, 1.165) is 11.1 Å². The summed E-state index contributed by atoms with van der Waals surface area (Å²) in [4.78, 5) is 10.7. The van der Waals surface area contributed by atoms with Crippen molar-refractivity contribution < 1.29 is 9.90 Å². The van der Waals surface area contributed by atoms with E-state index in [4.69, 9.17) is 10.8 Å². The molecule has 0 aromatic heterocycles. The molecular weight excluding hydrogens is 274 g/mol. The molecule has 0 fully saturated rings. The normalized spacial score (nSPS) is 11.5. The Balaban J connectivity index is 0.00000200. The molecule has 2 aromatic rings. The molecule has 4 heteroatoms. The molecule has 0 unspecified atom stereocenters. The largest absolute Gasteiger partial charge is 0.480 e. The van der Waals surface area contributed by atoms with E-state index in [2.05, 4.69) is 19.1 Å². The molecule has 0 spiro atoms. The minimum absolute atomic E-state index is 0. The highest BCUT2D eigenvalue weighted by atomic mass is 35.5. The van der Waals surface area contributed by atoms with Gasteiger partial charge in [0.1, 0.15) is 6.04 Å². The predicted octanol–water partition coefficient (Wildman–Crippen LogP) is 3.04. The zero-order chi connectivity index (χ0) is 13.8. The Labute approximate surface area is 124 Å². The quantitative estimate of drug-likeness (QED) is 0.910. The van der Waals surface area contributed by atoms with Gasteiger partial charge < -0.3 is 10.8 Å². The van der Waals surface area contributed by atoms with Crippen LogP contribution in [0, 0.1) is 6.92 Å². The average molecular weight is 292 g/mol. The van der Waals surface area contributed by atoms with E-state index in [-0.39, 0.29) is 12.4 Å². The van der Waals surface area contributed by atoms with Crippen LogP contribution in [0.4, 0.5) is 0 Å². The number of benzene rings is 2. The summed E-state index contributed by atoms with van der Waals surface area (Å²) >= 11 is 0. The van der Waals surface area contributed by atoms with Gasteiger partial charge in [0.25, 0.3) is 0 Å². The van der Waals surface area contributed by atoms with Gasteiger partial charge in [0, 0.05) is 0 Å². The van der Waals surface area contributed by atoms with E-state index < -0.39 is 12.0 Å². The van der Waals surface area contributed by atoms with Gasteiger partial charge in [0.05, 0.1) is 0 Å². The minimum atomic E-state index is -0.969. The lowest BCUT2D eigenvalue weighted by Crippen LogP contribution is -2.32. The Bertz CT molecular complexity index is 581. The standard InChI is InChI=1S/C16H17NO2.ClH/c1-11-4-2-3-5-14(11)13-8-6-12(7-9-13)10-15(17)16(18)19;/h2-9,15H,10,17H2,1H3,(H,18,19);1H/t15-;/m0./s1. The SMILES string of the molecule is Cc1ccccc1-c1ccc(C[C@H](N)C(=O)O)cc1.Cl. The van der Waals surface area contributed by atoms with Crippen LogP contribution in [0.3, 0.4) is 0 Å². The van der Waals surface area contributed by atoms with Crippen molar-refractivity contribution >= 4 is 18.4 Å². The Hall–Kier alpha value is -1.84. The highest BCUT2D eigenvalue weighted by Gasteiger charge is 2.11. The van der Waals surface area contributed by atoms with Crippen molar-refractivity contribution in [3.63, 3.8) is 0 Å². The van der Waals surface area contributed by atoms with Crippen molar-refractivity contribution in [1.29, 1.82) is 0 Å². The second-order valence-corrected chi connectivity index (χ2v) is 4.66. The second-order valence-electron chi connectivity index (χ2n) is 4.66. The summed E-state index contributed by atoms with van der Waals surface area (Å²) in [5.41, 5.74) is 10.0. The van der Waals surface area contributed by atoms with Gasteiger partial charge in [-0.1, -0.05) is 48.5 Å². The number of halogens is 1. The van der Waals surface area contributed by atoms with Crippen LogP contribution in [-0.2, 0) is 11.2 Å². The number of aliphatic carboxylic acids is 1. The van der Waals surface area contributed by atoms with Gasteiger partial charge in [-0.15, -0.1) is 12.4 Å². The number of carbonyl (C=O) groups is 1. The van der Waals surface area contributed by atoms with Crippen LogP contribution in [0.2, 0.25) is 0 Å². The molecule has 1 atom stereocenters. The number of hydrogen-bond acceptors (Lipinski definition) is 2. The van der Waals surface area contributed by atoms with E-state index >= 15 is 0 Å². The number of nitrogens with two attached hydrogens (primary N) is 1.